The lowest BCUT2D eigenvalue weighted by molar-refractivity contribution is 0.660. The summed E-state index contributed by atoms with van der Waals surface area (Å²) in [6.07, 6.45) is 0. The molecule has 0 fully saturated rings. The molecule has 10 rings (SSSR count). The van der Waals surface area contributed by atoms with Crippen molar-refractivity contribution in [2.75, 3.05) is 4.90 Å². The number of thiophene rings is 1. The van der Waals surface area contributed by atoms with Gasteiger partial charge < -0.3 is 4.90 Å². The molecule has 2 heteroatoms. The van der Waals surface area contributed by atoms with Crippen molar-refractivity contribution < 1.29 is 0 Å². The van der Waals surface area contributed by atoms with E-state index in [1.165, 1.54) is 92.5 Å². The normalized spacial score (nSPS) is 14.1. The standard InChI is InChI=1S/C43H29NS/c1-43(2)35-16-8-6-13-29(35)34-25-26(19-23-36(34)43)28-20-21-31-32-22-24-39-41(33-14-7-9-18-38(33)45-39)42(32)44(27-11-4-3-5-12-27)37-17-10-15-30(28)40(31)37/h3-25H,1-2H3. The van der Waals surface area contributed by atoms with Crippen LogP contribution in [0.2, 0.25) is 0 Å². The molecule has 0 atom stereocenters. The Labute approximate surface area is 266 Å². The molecule has 2 heterocycles. The maximum absolute atomic E-state index is 2.51. The fourth-order valence-electron chi connectivity index (χ4n) is 8.15. The van der Waals surface area contributed by atoms with E-state index in [2.05, 4.69) is 158 Å². The Morgan fingerprint density at radius 3 is 2.13 bits per heavy atom. The van der Waals surface area contributed by atoms with E-state index in [9.17, 15) is 0 Å². The summed E-state index contributed by atoms with van der Waals surface area (Å²) in [5.74, 6) is 0. The van der Waals surface area contributed by atoms with Crippen LogP contribution in [0, 0.1) is 0 Å². The van der Waals surface area contributed by atoms with Gasteiger partial charge in [-0.1, -0.05) is 117 Å². The zero-order chi connectivity index (χ0) is 29.9. The number of fused-ring (bicyclic) bond motifs is 9. The van der Waals surface area contributed by atoms with Crippen LogP contribution in [0.3, 0.4) is 0 Å². The summed E-state index contributed by atoms with van der Waals surface area (Å²) in [7, 11) is 0. The third-order valence-corrected chi connectivity index (χ3v) is 11.3. The lowest BCUT2D eigenvalue weighted by Gasteiger charge is -2.34. The second-order valence-electron chi connectivity index (χ2n) is 12.9. The summed E-state index contributed by atoms with van der Waals surface area (Å²) < 4.78 is 2.65. The first-order valence-electron chi connectivity index (χ1n) is 15.7. The molecule has 1 aliphatic carbocycles. The average Bonchev–Trinajstić information content (AvgIpc) is 3.58. The van der Waals surface area contributed by atoms with E-state index in [0.717, 1.165) is 0 Å². The minimum atomic E-state index is 0.00143. The average molecular weight is 592 g/mol. The molecule has 0 unspecified atom stereocenters. The summed E-state index contributed by atoms with van der Waals surface area (Å²) in [5, 5.41) is 5.26. The van der Waals surface area contributed by atoms with Crippen LogP contribution in [0.15, 0.2) is 140 Å². The Morgan fingerprint density at radius 2 is 1.22 bits per heavy atom. The van der Waals surface area contributed by atoms with Crippen molar-refractivity contribution in [3.63, 3.8) is 0 Å². The highest BCUT2D eigenvalue weighted by Gasteiger charge is 2.35. The topological polar surface area (TPSA) is 3.24 Å². The van der Waals surface area contributed by atoms with Gasteiger partial charge >= 0.3 is 0 Å². The molecule has 0 radical (unpaired) electrons. The summed E-state index contributed by atoms with van der Waals surface area (Å²) in [6.45, 7) is 4.70. The van der Waals surface area contributed by atoms with Gasteiger partial charge in [-0.25, -0.2) is 0 Å². The van der Waals surface area contributed by atoms with Crippen molar-refractivity contribution in [2.45, 2.75) is 19.3 Å². The highest BCUT2D eigenvalue weighted by Crippen LogP contribution is 2.57. The fourth-order valence-corrected chi connectivity index (χ4v) is 9.26. The third-order valence-electron chi connectivity index (χ3n) is 10.2. The zero-order valence-electron chi connectivity index (χ0n) is 25.1. The van der Waals surface area contributed by atoms with Gasteiger partial charge in [-0.2, -0.15) is 0 Å². The van der Waals surface area contributed by atoms with Crippen LogP contribution in [-0.4, -0.2) is 0 Å². The lowest BCUT2D eigenvalue weighted by Crippen LogP contribution is -2.15. The van der Waals surface area contributed by atoms with Crippen LogP contribution in [0.4, 0.5) is 17.1 Å². The van der Waals surface area contributed by atoms with Crippen LogP contribution in [0.25, 0.3) is 64.3 Å². The first kappa shape index (κ1) is 25.2. The molecule has 1 aromatic heterocycles. The molecule has 1 aliphatic heterocycles. The molecule has 8 aromatic rings. The number of hydrogen-bond donors (Lipinski definition) is 0. The van der Waals surface area contributed by atoms with Gasteiger partial charge in [0.15, 0.2) is 0 Å². The van der Waals surface area contributed by atoms with Gasteiger partial charge in [0.05, 0.1) is 11.4 Å². The van der Waals surface area contributed by atoms with Gasteiger partial charge in [-0.3, -0.25) is 0 Å². The maximum atomic E-state index is 2.51. The van der Waals surface area contributed by atoms with Crippen molar-refractivity contribution in [1.29, 1.82) is 0 Å². The molecule has 1 nitrogen and oxygen atoms in total. The number of hydrogen-bond acceptors (Lipinski definition) is 2. The molecule has 0 saturated heterocycles. The Bertz CT molecular complexity index is 2520. The van der Waals surface area contributed by atoms with Crippen LogP contribution in [-0.2, 0) is 5.41 Å². The van der Waals surface area contributed by atoms with Crippen LogP contribution in [0.5, 0.6) is 0 Å². The second-order valence-corrected chi connectivity index (χ2v) is 14.0. The highest BCUT2D eigenvalue weighted by molar-refractivity contribution is 7.26. The Hall–Kier alpha value is -5.18. The smallest absolute Gasteiger partial charge is 0.0633 e. The largest absolute Gasteiger partial charge is 0.309 e. The van der Waals surface area contributed by atoms with E-state index in [1.54, 1.807) is 0 Å². The van der Waals surface area contributed by atoms with Crippen LogP contribution in [0.1, 0.15) is 25.0 Å². The van der Waals surface area contributed by atoms with Gasteiger partial charge in [-0.05, 0) is 80.7 Å². The quantitative estimate of drug-likeness (QED) is 0.193. The molecular formula is C43H29NS. The minimum absolute atomic E-state index is 0.00143. The van der Waals surface area contributed by atoms with Crippen molar-refractivity contribution in [3.05, 3.63) is 151 Å². The van der Waals surface area contributed by atoms with E-state index in [-0.39, 0.29) is 5.41 Å². The number of para-hydroxylation sites is 1. The Kier molecular flexibility index (Phi) is 5.00. The van der Waals surface area contributed by atoms with Crippen LogP contribution >= 0.6 is 11.3 Å². The fraction of sp³-hybridized carbons (Fsp3) is 0.0698. The number of rotatable bonds is 2. The molecule has 0 bridgehead atoms. The molecule has 212 valence electrons. The summed E-state index contributed by atoms with van der Waals surface area (Å²) >= 11 is 1.88. The van der Waals surface area contributed by atoms with Gasteiger partial charge in [-0.15, -0.1) is 11.3 Å². The molecule has 0 spiro atoms. The van der Waals surface area contributed by atoms with Gasteiger partial charge in [0.25, 0.3) is 0 Å². The molecule has 0 N–H and O–H groups in total. The van der Waals surface area contributed by atoms with Gasteiger partial charge in [0.1, 0.15) is 0 Å². The molecule has 2 aliphatic rings. The monoisotopic (exact) mass is 591 g/mol. The molecule has 0 amide bonds. The van der Waals surface area contributed by atoms with E-state index in [0.29, 0.717) is 0 Å². The van der Waals surface area contributed by atoms with E-state index >= 15 is 0 Å². The molecule has 0 saturated carbocycles. The molecule has 45 heavy (non-hydrogen) atoms. The summed E-state index contributed by atoms with van der Waals surface area (Å²) in [4.78, 5) is 2.51. The van der Waals surface area contributed by atoms with Gasteiger partial charge in [0, 0.05) is 42.2 Å². The SMILES string of the molecule is CC1(C)c2ccccc2-c2cc(-c3ccc4c5c(cccc35)N(c3ccccc3)c3c-4ccc4sc5ccccc5c34)ccc21. The van der Waals surface area contributed by atoms with Crippen molar-refractivity contribution in [3.8, 4) is 33.4 Å². The molecular weight excluding hydrogens is 563 g/mol. The van der Waals surface area contributed by atoms with Crippen molar-refractivity contribution in [1.82, 2.24) is 0 Å². The predicted octanol–water partition coefficient (Wildman–Crippen LogP) is 12.6. The highest BCUT2D eigenvalue weighted by atomic mass is 32.1. The Morgan fingerprint density at radius 1 is 0.489 bits per heavy atom. The molecule has 7 aromatic carbocycles. The zero-order valence-corrected chi connectivity index (χ0v) is 26.0. The van der Waals surface area contributed by atoms with E-state index < -0.39 is 0 Å². The summed E-state index contributed by atoms with van der Waals surface area (Å²) in [5.41, 5.74) is 14.4. The predicted molar refractivity (Wildman–Crippen MR) is 194 cm³/mol. The lowest BCUT2D eigenvalue weighted by atomic mass is 9.82. The number of nitrogens with zero attached hydrogens (tertiary/aromatic N) is 1. The van der Waals surface area contributed by atoms with E-state index in [1.807, 2.05) is 11.3 Å². The van der Waals surface area contributed by atoms with Gasteiger partial charge in [0.2, 0.25) is 0 Å². The van der Waals surface area contributed by atoms with E-state index in [4.69, 9.17) is 0 Å². The first-order chi connectivity index (χ1) is 22.1. The number of anilines is 3. The maximum Gasteiger partial charge on any atom is 0.0633 e. The van der Waals surface area contributed by atoms with Crippen molar-refractivity contribution >= 4 is 59.3 Å². The summed E-state index contributed by atoms with van der Waals surface area (Å²) in [6, 6.07) is 52.0. The second kappa shape index (κ2) is 8.94. The minimum Gasteiger partial charge on any atom is -0.309 e. The van der Waals surface area contributed by atoms with Crippen LogP contribution < -0.4 is 4.90 Å². The number of benzene rings is 7. The Balaban J connectivity index is 1.27. The third kappa shape index (κ3) is 3.32. The van der Waals surface area contributed by atoms with Crippen molar-refractivity contribution in [2.24, 2.45) is 0 Å². The first-order valence-corrected chi connectivity index (χ1v) is 16.5.